The van der Waals surface area contributed by atoms with Gasteiger partial charge in [-0.1, -0.05) is 57.0 Å². The van der Waals surface area contributed by atoms with Crippen LogP contribution in [0, 0.1) is 0 Å². The van der Waals surface area contributed by atoms with E-state index < -0.39 is 29.7 Å². The van der Waals surface area contributed by atoms with Gasteiger partial charge in [-0.25, -0.2) is 4.79 Å². The number of ether oxygens (including phenoxy) is 1. The molecule has 25 heavy (non-hydrogen) atoms. The highest BCUT2D eigenvalue weighted by atomic mass is 16.6. The van der Waals surface area contributed by atoms with Crippen molar-refractivity contribution in [3.8, 4) is 0 Å². The SMILES string of the molecule is CC(C)(C)OC(=O)NC(N)C(O)C(=O)Cc1ccccc1.CCCC. The number of nitrogens with two attached hydrogens (primary N) is 1. The normalized spacial score (nSPS) is 13.1. The van der Waals surface area contributed by atoms with Gasteiger partial charge in [0.2, 0.25) is 0 Å². The van der Waals surface area contributed by atoms with Crippen LogP contribution in [-0.4, -0.2) is 34.9 Å². The van der Waals surface area contributed by atoms with E-state index in [0.717, 1.165) is 5.56 Å². The molecule has 6 nitrogen and oxygen atoms in total. The van der Waals surface area contributed by atoms with Gasteiger partial charge < -0.3 is 20.9 Å². The highest BCUT2D eigenvalue weighted by molar-refractivity contribution is 5.86. The van der Waals surface area contributed by atoms with Gasteiger partial charge in [0.25, 0.3) is 0 Å². The molecule has 0 heterocycles. The lowest BCUT2D eigenvalue weighted by Gasteiger charge is -2.23. The average molecular weight is 352 g/mol. The molecule has 1 aromatic rings. The Kier molecular flexibility index (Phi) is 10.7. The van der Waals surface area contributed by atoms with Crippen molar-refractivity contribution in [1.82, 2.24) is 5.32 Å². The van der Waals surface area contributed by atoms with Gasteiger partial charge >= 0.3 is 6.09 Å². The number of amides is 1. The van der Waals surface area contributed by atoms with Crippen molar-refractivity contribution in [2.24, 2.45) is 5.73 Å². The third kappa shape index (κ3) is 11.3. The quantitative estimate of drug-likeness (QED) is 0.683. The molecule has 0 bridgehead atoms. The van der Waals surface area contributed by atoms with Crippen molar-refractivity contribution in [2.75, 3.05) is 0 Å². The van der Waals surface area contributed by atoms with E-state index >= 15 is 0 Å². The van der Waals surface area contributed by atoms with E-state index in [9.17, 15) is 14.7 Å². The number of hydrogen-bond acceptors (Lipinski definition) is 5. The first kappa shape index (κ1) is 23.1. The molecule has 0 aromatic heterocycles. The van der Waals surface area contributed by atoms with Gasteiger partial charge in [0.1, 0.15) is 17.9 Å². The molecule has 0 aliphatic heterocycles. The zero-order chi connectivity index (χ0) is 19.5. The summed E-state index contributed by atoms with van der Waals surface area (Å²) >= 11 is 0. The van der Waals surface area contributed by atoms with Gasteiger partial charge in [0.05, 0.1) is 0 Å². The van der Waals surface area contributed by atoms with Crippen LogP contribution in [0.2, 0.25) is 0 Å². The molecule has 0 fully saturated rings. The maximum Gasteiger partial charge on any atom is 0.408 e. The Morgan fingerprint density at radius 1 is 1.16 bits per heavy atom. The van der Waals surface area contributed by atoms with Crippen LogP contribution in [0.15, 0.2) is 30.3 Å². The van der Waals surface area contributed by atoms with Gasteiger partial charge in [0, 0.05) is 6.42 Å². The Hall–Kier alpha value is -1.92. The van der Waals surface area contributed by atoms with E-state index in [1.54, 1.807) is 45.0 Å². The summed E-state index contributed by atoms with van der Waals surface area (Å²) < 4.78 is 5.00. The van der Waals surface area contributed by atoms with Gasteiger partial charge in [-0.15, -0.1) is 0 Å². The number of aliphatic hydroxyl groups excluding tert-OH is 1. The molecule has 6 heteroatoms. The highest BCUT2D eigenvalue weighted by Crippen LogP contribution is 2.07. The smallest absolute Gasteiger partial charge is 0.408 e. The Bertz CT molecular complexity index is 510. The van der Waals surface area contributed by atoms with Crippen LogP contribution >= 0.6 is 0 Å². The maximum atomic E-state index is 11.9. The van der Waals surface area contributed by atoms with E-state index in [-0.39, 0.29) is 6.42 Å². The summed E-state index contributed by atoms with van der Waals surface area (Å²) in [6.45, 7) is 9.47. The lowest BCUT2D eigenvalue weighted by molar-refractivity contribution is -0.127. The minimum absolute atomic E-state index is 0.0473. The molecule has 0 aliphatic rings. The largest absolute Gasteiger partial charge is 0.444 e. The molecule has 1 amide bonds. The second-order valence-corrected chi connectivity index (χ2v) is 6.75. The first-order valence-electron chi connectivity index (χ1n) is 8.60. The monoisotopic (exact) mass is 352 g/mol. The van der Waals surface area contributed by atoms with Crippen molar-refractivity contribution in [2.45, 2.75) is 71.8 Å². The summed E-state index contributed by atoms with van der Waals surface area (Å²) in [5.74, 6) is -0.468. The number of carbonyl (C=O) groups excluding carboxylic acids is 2. The summed E-state index contributed by atoms with van der Waals surface area (Å²) in [6, 6.07) is 8.98. The van der Waals surface area contributed by atoms with Crippen molar-refractivity contribution in [3.05, 3.63) is 35.9 Å². The number of nitrogens with one attached hydrogen (secondary N) is 1. The second-order valence-electron chi connectivity index (χ2n) is 6.75. The molecular formula is C19H32N2O4. The minimum Gasteiger partial charge on any atom is -0.444 e. The minimum atomic E-state index is -1.49. The van der Waals surface area contributed by atoms with Crippen LogP contribution in [0.5, 0.6) is 0 Å². The van der Waals surface area contributed by atoms with E-state index in [2.05, 4.69) is 19.2 Å². The van der Waals surface area contributed by atoms with Gasteiger partial charge in [-0.2, -0.15) is 0 Å². The molecule has 1 rings (SSSR count). The van der Waals surface area contributed by atoms with E-state index in [0.29, 0.717) is 0 Å². The van der Waals surface area contributed by atoms with E-state index in [1.165, 1.54) is 12.8 Å². The number of Topliss-reactive ketones (excluding diaryl/α,β-unsaturated/α-hetero) is 1. The third-order valence-corrected chi connectivity index (χ3v) is 3.07. The zero-order valence-corrected chi connectivity index (χ0v) is 15.9. The molecule has 0 saturated heterocycles. The fraction of sp³-hybridized carbons (Fsp3) is 0.579. The fourth-order valence-electron chi connectivity index (χ4n) is 1.62. The Morgan fingerprint density at radius 3 is 2.12 bits per heavy atom. The number of rotatable bonds is 6. The lowest BCUT2D eigenvalue weighted by Crippen LogP contribution is -2.54. The highest BCUT2D eigenvalue weighted by Gasteiger charge is 2.26. The van der Waals surface area contributed by atoms with Gasteiger partial charge in [-0.3, -0.25) is 4.79 Å². The first-order valence-corrected chi connectivity index (χ1v) is 8.60. The lowest BCUT2D eigenvalue weighted by atomic mass is 10.0. The zero-order valence-electron chi connectivity index (χ0n) is 15.9. The Morgan fingerprint density at radius 2 is 1.68 bits per heavy atom. The molecule has 0 spiro atoms. The van der Waals surface area contributed by atoms with Crippen molar-refractivity contribution >= 4 is 11.9 Å². The van der Waals surface area contributed by atoms with Crippen molar-refractivity contribution in [1.29, 1.82) is 0 Å². The second kappa shape index (κ2) is 11.6. The molecule has 0 aliphatic carbocycles. The molecule has 0 radical (unpaired) electrons. The topological polar surface area (TPSA) is 102 Å². The maximum absolute atomic E-state index is 11.9. The molecule has 2 unspecified atom stereocenters. The standard InChI is InChI=1S/C15H22N2O4.C4H10/c1-15(2,3)21-14(20)17-13(16)12(19)11(18)9-10-7-5-4-6-8-10;1-3-4-2/h4-8,12-13,19H,9,16H2,1-3H3,(H,17,20);3-4H2,1-2H3. The molecule has 2 atom stereocenters. The molecule has 1 aromatic carbocycles. The molecule has 0 saturated carbocycles. The first-order chi connectivity index (χ1) is 11.6. The number of unbranched alkanes of at least 4 members (excludes halogenated alkanes) is 1. The Labute approximate surface area is 150 Å². The average Bonchev–Trinajstić information content (AvgIpc) is 2.53. The van der Waals surface area contributed by atoms with Gasteiger partial charge in [-0.05, 0) is 26.3 Å². The van der Waals surface area contributed by atoms with Crippen LogP contribution in [-0.2, 0) is 16.0 Å². The number of hydrogen-bond donors (Lipinski definition) is 3. The number of carbonyl (C=O) groups is 2. The van der Waals surface area contributed by atoms with Crippen LogP contribution in [0.1, 0.15) is 53.0 Å². The summed E-state index contributed by atoms with van der Waals surface area (Å²) in [7, 11) is 0. The van der Waals surface area contributed by atoms with Crippen LogP contribution < -0.4 is 11.1 Å². The van der Waals surface area contributed by atoms with Gasteiger partial charge in [0.15, 0.2) is 5.78 Å². The van der Waals surface area contributed by atoms with Crippen molar-refractivity contribution in [3.63, 3.8) is 0 Å². The van der Waals surface area contributed by atoms with Crippen molar-refractivity contribution < 1.29 is 19.4 Å². The molecular weight excluding hydrogens is 320 g/mol. The number of aliphatic hydroxyl groups is 1. The fourth-order valence-corrected chi connectivity index (χ4v) is 1.62. The van der Waals surface area contributed by atoms with Crippen LogP contribution in [0.4, 0.5) is 4.79 Å². The van der Waals surface area contributed by atoms with Crippen LogP contribution in [0.3, 0.4) is 0 Å². The predicted molar refractivity (Wildman–Crippen MR) is 99.1 cm³/mol. The summed E-state index contributed by atoms with van der Waals surface area (Å²) in [5, 5.41) is 12.1. The summed E-state index contributed by atoms with van der Waals surface area (Å²) in [4.78, 5) is 23.4. The number of ketones is 1. The number of benzene rings is 1. The predicted octanol–water partition coefficient (Wildman–Crippen LogP) is 2.78. The summed E-state index contributed by atoms with van der Waals surface area (Å²) in [5.41, 5.74) is 5.70. The molecule has 4 N–H and O–H groups in total. The third-order valence-electron chi connectivity index (χ3n) is 3.07. The van der Waals surface area contributed by atoms with E-state index in [1.807, 2.05) is 6.07 Å². The van der Waals surface area contributed by atoms with Crippen LogP contribution in [0.25, 0.3) is 0 Å². The molecule has 142 valence electrons. The summed E-state index contributed by atoms with van der Waals surface area (Å²) in [6.07, 6.45) is -0.790. The van der Waals surface area contributed by atoms with E-state index in [4.69, 9.17) is 10.5 Å². The number of alkyl carbamates (subject to hydrolysis) is 1. The Balaban J connectivity index is 0.00000129.